The number of nitrogens with one attached hydrogen (secondary N) is 1. The van der Waals surface area contributed by atoms with Crippen molar-refractivity contribution in [1.82, 2.24) is 5.32 Å². The number of nitrogens with zero attached hydrogens (tertiary/aromatic N) is 1. The summed E-state index contributed by atoms with van der Waals surface area (Å²) in [6.07, 6.45) is 87.0. The molecule has 0 rings (SSSR count). The number of quaternary nitrogens is 1. The summed E-state index contributed by atoms with van der Waals surface area (Å²) in [4.78, 5) is 37.9. The van der Waals surface area contributed by atoms with Gasteiger partial charge in [0.2, 0.25) is 5.91 Å². The maximum absolute atomic E-state index is 13.6. The molecule has 0 fully saturated rings. The largest absolute Gasteiger partial charge is 0.472 e. The fourth-order valence-electron chi connectivity index (χ4n) is 10.1. The molecule has 3 unspecified atom stereocenters. The van der Waals surface area contributed by atoms with Crippen molar-refractivity contribution in [3.8, 4) is 0 Å². The number of rotatable bonds is 64. The van der Waals surface area contributed by atoms with Crippen LogP contribution in [0, 0.1) is 0 Å². The summed E-state index contributed by atoms with van der Waals surface area (Å²) in [5.74, 6) is -0.507. The van der Waals surface area contributed by atoms with Crippen molar-refractivity contribution in [1.29, 1.82) is 0 Å². The second-order valence-corrected chi connectivity index (χ2v) is 26.5. The summed E-state index contributed by atoms with van der Waals surface area (Å²) >= 11 is 0. The molecule has 3 atom stereocenters. The lowest BCUT2D eigenvalue weighted by molar-refractivity contribution is -0.870. The number of hydrogen-bond acceptors (Lipinski definition) is 6. The van der Waals surface area contributed by atoms with Gasteiger partial charge in [0.15, 0.2) is 0 Å². The minimum atomic E-state index is -4.46. The number of carbonyl (C=O) groups excluding carboxylic acids is 2. The van der Waals surface area contributed by atoms with E-state index < -0.39 is 20.0 Å². The number of hydrogen-bond donors (Lipinski definition) is 2. The van der Waals surface area contributed by atoms with E-state index in [1.54, 1.807) is 0 Å². The monoisotopic (exact) mass is 1210 g/mol. The van der Waals surface area contributed by atoms with Gasteiger partial charge in [0.05, 0.1) is 33.8 Å². The van der Waals surface area contributed by atoms with Crippen molar-refractivity contribution < 1.29 is 37.3 Å². The number of phosphoric ester groups is 1. The molecule has 0 bridgehead atoms. The van der Waals surface area contributed by atoms with Crippen LogP contribution >= 0.6 is 7.82 Å². The molecule has 2 N–H and O–H groups in total. The van der Waals surface area contributed by atoms with Crippen molar-refractivity contribution in [2.45, 2.75) is 328 Å². The van der Waals surface area contributed by atoms with Gasteiger partial charge < -0.3 is 19.4 Å². The first-order chi connectivity index (χ1) is 41.4. The molecule has 0 saturated heterocycles. The summed E-state index contributed by atoms with van der Waals surface area (Å²) in [5, 5.41) is 3.07. The van der Waals surface area contributed by atoms with Gasteiger partial charge in [0.25, 0.3) is 0 Å². The van der Waals surface area contributed by atoms with Crippen LogP contribution in [0.2, 0.25) is 0 Å². The minimum absolute atomic E-state index is 0.0365. The van der Waals surface area contributed by atoms with Crippen LogP contribution in [0.3, 0.4) is 0 Å². The molecular weight excluding hydrogens is 1070 g/mol. The minimum Gasteiger partial charge on any atom is -0.456 e. The van der Waals surface area contributed by atoms with Crippen molar-refractivity contribution in [3.63, 3.8) is 0 Å². The Balaban J connectivity index is 5.02. The lowest BCUT2D eigenvalue weighted by atomic mass is 10.0. The molecule has 492 valence electrons. The summed E-state index contributed by atoms with van der Waals surface area (Å²) in [5.41, 5.74) is 0. The smallest absolute Gasteiger partial charge is 0.456 e. The predicted octanol–water partition coefficient (Wildman–Crippen LogP) is 22.7. The van der Waals surface area contributed by atoms with Crippen molar-refractivity contribution in [2.24, 2.45) is 0 Å². The van der Waals surface area contributed by atoms with Crippen LogP contribution in [0.4, 0.5) is 0 Å². The van der Waals surface area contributed by atoms with Gasteiger partial charge in [-0.1, -0.05) is 292 Å². The Bertz CT molecular complexity index is 1780. The number of phosphoric acid groups is 1. The van der Waals surface area contributed by atoms with E-state index in [1.807, 2.05) is 33.3 Å². The molecule has 9 nitrogen and oxygen atoms in total. The third-order valence-corrected chi connectivity index (χ3v) is 16.5. The zero-order valence-corrected chi connectivity index (χ0v) is 57.2. The summed E-state index contributed by atoms with van der Waals surface area (Å²) in [6.45, 7) is 6.89. The van der Waals surface area contributed by atoms with Gasteiger partial charge in [0, 0.05) is 12.8 Å². The van der Waals surface area contributed by atoms with E-state index in [9.17, 15) is 19.0 Å². The molecule has 0 radical (unpaired) electrons. The van der Waals surface area contributed by atoms with E-state index in [0.29, 0.717) is 17.4 Å². The lowest BCUT2D eigenvalue weighted by Crippen LogP contribution is -2.47. The van der Waals surface area contributed by atoms with Gasteiger partial charge in [-0.25, -0.2) is 4.57 Å². The number of esters is 1. The molecular formula is C75H136N2O7P+. The summed E-state index contributed by atoms with van der Waals surface area (Å²) in [7, 11) is 1.49. The Morgan fingerprint density at radius 1 is 0.424 bits per heavy atom. The average Bonchev–Trinajstić information content (AvgIpc) is 3.59. The van der Waals surface area contributed by atoms with Crippen molar-refractivity contribution >= 4 is 19.7 Å². The van der Waals surface area contributed by atoms with Gasteiger partial charge in [-0.15, -0.1) is 0 Å². The maximum atomic E-state index is 13.6. The Kier molecular flexibility index (Phi) is 61.6. The van der Waals surface area contributed by atoms with E-state index in [2.05, 4.69) is 111 Å². The van der Waals surface area contributed by atoms with Gasteiger partial charge in [0.1, 0.15) is 19.3 Å². The normalized spacial score (nSPS) is 14.1. The number of carbonyl (C=O) groups is 2. The van der Waals surface area contributed by atoms with Crippen LogP contribution in [0.15, 0.2) is 97.2 Å². The van der Waals surface area contributed by atoms with Gasteiger partial charge in [-0.2, -0.15) is 0 Å². The van der Waals surface area contributed by atoms with Crippen LogP contribution in [-0.2, 0) is 27.9 Å². The Labute approximate surface area is 526 Å². The molecule has 0 aromatic rings. The quantitative estimate of drug-likeness (QED) is 0.0205. The van der Waals surface area contributed by atoms with E-state index in [1.165, 1.54) is 186 Å². The highest BCUT2D eigenvalue weighted by atomic mass is 31.2. The van der Waals surface area contributed by atoms with Crippen molar-refractivity contribution in [2.75, 3.05) is 40.9 Å². The second-order valence-electron chi connectivity index (χ2n) is 25.0. The van der Waals surface area contributed by atoms with E-state index in [4.69, 9.17) is 13.8 Å². The van der Waals surface area contributed by atoms with Crippen LogP contribution in [-0.4, -0.2) is 74.3 Å². The predicted molar refractivity (Wildman–Crippen MR) is 369 cm³/mol. The molecule has 0 aliphatic heterocycles. The number of amides is 1. The van der Waals surface area contributed by atoms with Crippen LogP contribution in [0.5, 0.6) is 0 Å². The van der Waals surface area contributed by atoms with Gasteiger partial charge >= 0.3 is 13.8 Å². The molecule has 0 aliphatic carbocycles. The van der Waals surface area contributed by atoms with Crippen LogP contribution in [0.25, 0.3) is 0 Å². The molecule has 85 heavy (non-hydrogen) atoms. The highest BCUT2D eigenvalue weighted by Gasteiger charge is 2.30. The topological polar surface area (TPSA) is 111 Å². The fourth-order valence-corrected chi connectivity index (χ4v) is 10.8. The van der Waals surface area contributed by atoms with Gasteiger partial charge in [-0.3, -0.25) is 18.6 Å². The van der Waals surface area contributed by atoms with Gasteiger partial charge in [-0.05, 0) is 109 Å². The Hall–Kier alpha value is -3.07. The fraction of sp³-hybridized carbons (Fsp3) is 0.760. The second kappa shape index (κ2) is 63.9. The Morgan fingerprint density at radius 2 is 0.753 bits per heavy atom. The molecule has 0 aliphatic rings. The Morgan fingerprint density at radius 3 is 1.15 bits per heavy atom. The third kappa shape index (κ3) is 65.2. The highest BCUT2D eigenvalue weighted by molar-refractivity contribution is 7.47. The average molecular weight is 1210 g/mol. The molecule has 1 amide bonds. The molecule has 0 aromatic heterocycles. The highest BCUT2D eigenvalue weighted by Crippen LogP contribution is 2.43. The standard InChI is InChI=1S/C75H135N2O7P/c1-7-10-13-16-19-22-25-27-29-31-33-35-36-37-38-39-40-42-44-46-48-50-53-56-59-62-65-68-75(79)84-73(66-63-60-57-54-51-24-21-18-15-12-9-3)72(71-83-85(80,81)82-70-69-77(4,5)6)76-74(78)67-64-61-58-55-52-49-47-45-43-41-34-32-30-28-26-23-20-17-14-11-8-2/h10,13,19-20,22-23,27-30,33,35,37-38,63,66,72-73H,7-9,11-12,14-18,21,24-26,31-32,34,36,39-62,64-65,67-71H2,1-6H3,(H-,76,78,80,81)/p+1/b13-10-,22-19-,23-20-,29-27-,30-28-,35-33-,38-37-,66-63-. The molecule has 0 heterocycles. The first-order valence-electron chi connectivity index (χ1n) is 35.6. The molecule has 10 heteroatoms. The maximum Gasteiger partial charge on any atom is 0.472 e. The molecule has 0 aromatic carbocycles. The van der Waals surface area contributed by atoms with E-state index in [0.717, 1.165) is 96.3 Å². The third-order valence-electron chi connectivity index (χ3n) is 15.5. The lowest BCUT2D eigenvalue weighted by Gasteiger charge is -2.27. The summed E-state index contributed by atoms with van der Waals surface area (Å²) in [6, 6.07) is -0.856. The SMILES string of the molecule is CC/C=C\C/C=C\C/C=C\C/C=C\C/C=C\CCCCCCCCCCCCCC(=O)OC(/C=C\CCCCCCCCCCC)C(COP(=O)(O)OCC[N+](C)(C)C)NC(=O)CCCCCCCCCCCCC/C=C\C/C=C\CCCCC. The van der Waals surface area contributed by atoms with Crippen LogP contribution < -0.4 is 5.32 Å². The number of likely N-dealkylation sites (N-methyl/N-ethyl adjacent to an activating group) is 1. The number of unbranched alkanes of at least 4 members (excludes halogenated alkanes) is 34. The zero-order chi connectivity index (χ0) is 62.1. The number of ether oxygens (including phenoxy) is 1. The molecule has 0 saturated carbocycles. The summed E-state index contributed by atoms with van der Waals surface area (Å²) < 4.78 is 30.8. The number of allylic oxidation sites excluding steroid dienone is 15. The molecule has 0 spiro atoms. The van der Waals surface area contributed by atoms with E-state index in [-0.39, 0.29) is 31.5 Å². The first-order valence-corrected chi connectivity index (χ1v) is 37.1. The first kappa shape index (κ1) is 81.9. The van der Waals surface area contributed by atoms with Crippen molar-refractivity contribution in [3.05, 3.63) is 97.2 Å². The zero-order valence-electron chi connectivity index (χ0n) is 56.3. The van der Waals surface area contributed by atoms with E-state index >= 15 is 0 Å². The van der Waals surface area contributed by atoms with Crippen LogP contribution in [0.1, 0.15) is 316 Å².